The van der Waals surface area contributed by atoms with E-state index in [2.05, 4.69) is 0 Å². The molecular formula is C20H22FNO3. The van der Waals surface area contributed by atoms with Crippen LogP contribution in [0, 0.1) is 5.82 Å². The minimum Gasteiger partial charge on any atom is -0.497 e. The van der Waals surface area contributed by atoms with Gasteiger partial charge in [-0.1, -0.05) is 12.1 Å². The molecule has 0 unspecified atom stereocenters. The fraction of sp³-hybridized carbons (Fsp3) is 0.350. The summed E-state index contributed by atoms with van der Waals surface area (Å²) < 4.78 is 23.8. The van der Waals surface area contributed by atoms with Crippen molar-refractivity contribution in [1.82, 2.24) is 4.90 Å². The minimum absolute atomic E-state index is 0.00574. The number of hydrogen-bond donors (Lipinski definition) is 0. The summed E-state index contributed by atoms with van der Waals surface area (Å²) in [5.74, 6) is 1.21. The van der Waals surface area contributed by atoms with Crippen LogP contribution in [0.4, 0.5) is 4.39 Å². The average molecular weight is 343 g/mol. The van der Waals surface area contributed by atoms with E-state index in [0.717, 1.165) is 42.0 Å². The zero-order chi connectivity index (χ0) is 17.8. The molecule has 2 aromatic rings. The fourth-order valence-corrected chi connectivity index (χ4v) is 3.36. The molecule has 3 rings (SSSR count). The highest BCUT2D eigenvalue weighted by atomic mass is 19.1. The van der Waals surface area contributed by atoms with Gasteiger partial charge in [-0.2, -0.15) is 0 Å². The van der Waals surface area contributed by atoms with Crippen molar-refractivity contribution in [1.29, 1.82) is 0 Å². The van der Waals surface area contributed by atoms with Crippen LogP contribution in [0.25, 0.3) is 0 Å². The van der Waals surface area contributed by atoms with E-state index in [9.17, 15) is 9.18 Å². The molecule has 0 spiro atoms. The summed E-state index contributed by atoms with van der Waals surface area (Å²) >= 11 is 0. The molecule has 132 valence electrons. The molecule has 5 heteroatoms. The molecule has 1 aliphatic heterocycles. The second kappa shape index (κ2) is 7.55. The van der Waals surface area contributed by atoms with Gasteiger partial charge >= 0.3 is 0 Å². The highest BCUT2D eigenvalue weighted by molar-refractivity contribution is 5.79. The molecule has 0 bridgehead atoms. The molecule has 0 aliphatic carbocycles. The summed E-state index contributed by atoms with van der Waals surface area (Å²) in [5, 5.41) is 0. The van der Waals surface area contributed by atoms with Crippen molar-refractivity contribution in [3.05, 3.63) is 59.4 Å². The van der Waals surface area contributed by atoms with Gasteiger partial charge in [-0.05, 0) is 42.7 Å². The molecule has 0 aromatic heterocycles. The number of methoxy groups -OCH3 is 2. The summed E-state index contributed by atoms with van der Waals surface area (Å²) in [6.45, 7) is 0.722. The number of benzene rings is 2. The van der Waals surface area contributed by atoms with Gasteiger partial charge in [0.2, 0.25) is 5.91 Å². The molecule has 1 amide bonds. The zero-order valence-corrected chi connectivity index (χ0v) is 14.5. The Balaban J connectivity index is 1.80. The Labute approximate surface area is 147 Å². The van der Waals surface area contributed by atoms with Crippen LogP contribution in [-0.2, 0) is 11.2 Å². The van der Waals surface area contributed by atoms with Crippen LogP contribution < -0.4 is 9.47 Å². The van der Waals surface area contributed by atoms with Crippen LogP contribution in [0.3, 0.4) is 0 Å². The predicted octanol–water partition coefficient (Wildman–Crippen LogP) is 3.75. The van der Waals surface area contributed by atoms with Gasteiger partial charge in [-0.15, -0.1) is 0 Å². The molecule has 0 saturated carbocycles. The molecule has 1 aliphatic rings. The number of nitrogens with zero attached hydrogens (tertiary/aromatic N) is 1. The molecule has 1 fully saturated rings. The molecule has 25 heavy (non-hydrogen) atoms. The lowest BCUT2D eigenvalue weighted by Gasteiger charge is -2.26. The Kier molecular flexibility index (Phi) is 5.22. The highest BCUT2D eigenvalue weighted by Gasteiger charge is 2.31. The van der Waals surface area contributed by atoms with Crippen molar-refractivity contribution in [3.63, 3.8) is 0 Å². The maximum absolute atomic E-state index is 13.0. The molecule has 1 atom stereocenters. The van der Waals surface area contributed by atoms with E-state index in [0.29, 0.717) is 0 Å². The van der Waals surface area contributed by atoms with Crippen molar-refractivity contribution < 1.29 is 18.7 Å². The van der Waals surface area contributed by atoms with Gasteiger partial charge in [-0.3, -0.25) is 4.79 Å². The second-order valence-corrected chi connectivity index (χ2v) is 6.16. The summed E-state index contributed by atoms with van der Waals surface area (Å²) in [6.07, 6.45) is 2.13. The lowest BCUT2D eigenvalue weighted by molar-refractivity contribution is -0.131. The zero-order valence-electron chi connectivity index (χ0n) is 14.5. The number of rotatable bonds is 5. The average Bonchev–Trinajstić information content (AvgIpc) is 3.12. The molecule has 1 saturated heterocycles. The SMILES string of the molecule is COc1ccc([C@@H]2CCCN2C(=O)Cc2ccc(F)cc2)c(OC)c1. The van der Waals surface area contributed by atoms with E-state index in [1.54, 1.807) is 26.4 Å². The standard InChI is InChI=1S/C20H22FNO3/c1-24-16-9-10-17(19(13-16)25-2)18-4-3-11-22(18)20(23)12-14-5-7-15(21)8-6-14/h5-10,13,18H,3-4,11-12H2,1-2H3/t18-/m0/s1. The normalized spacial score (nSPS) is 16.8. The van der Waals surface area contributed by atoms with E-state index < -0.39 is 0 Å². The minimum atomic E-state index is -0.293. The van der Waals surface area contributed by atoms with Crippen LogP contribution in [0.2, 0.25) is 0 Å². The van der Waals surface area contributed by atoms with E-state index >= 15 is 0 Å². The summed E-state index contributed by atoms with van der Waals surface area (Å²) in [6, 6.07) is 11.8. The third-order valence-corrected chi connectivity index (χ3v) is 4.64. The van der Waals surface area contributed by atoms with Gasteiger partial charge in [0.25, 0.3) is 0 Å². The predicted molar refractivity (Wildman–Crippen MR) is 93.3 cm³/mol. The maximum Gasteiger partial charge on any atom is 0.227 e. The van der Waals surface area contributed by atoms with E-state index in [1.165, 1.54) is 12.1 Å². The molecule has 1 heterocycles. The first-order valence-electron chi connectivity index (χ1n) is 8.38. The smallest absolute Gasteiger partial charge is 0.227 e. The first-order valence-corrected chi connectivity index (χ1v) is 8.38. The number of carbonyl (C=O) groups excluding carboxylic acids is 1. The van der Waals surface area contributed by atoms with Crippen molar-refractivity contribution in [2.75, 3.05) is 20.8 Å². The molecule has 2 aromatic carbocycles. The van der Waals surface area contributed by atoms with Gasteiger partial charge in [-0.25, -0.2) is 4.39 Å². The number of hydrogen-bond acceptors (Lipinski definition) is 3. The lowest BCUT2D eigenvalue weighted by atomic mass is 10.0. The van der Waals surface area contributed by atoms with Crippen molar-refractivity contribution in [2.24, 2.45) is 0 Å². The topological polar surface area (TPSA) is 38.8 Å². The summed E-state index contributed by atoms with van der Waals surface area (Å²) in [7, 11) is 3.24. The maximum atomic E-state index is 13.0. The van der Waals surface area contributed by atoms with E-state index in [-0.39, 0.29) is 24.2 Å². The molecule has 0 N–H and O–H groups in total. The van der Waals surface area contributed by atoms with Gasteiger partial charge < -0.3 is 14.4 Å². The fourth-order valence-electron chi connectivity index (χ4n) is 3.36. The monoisotopic (exact) mass is 343 g/mol. The third kappa shape index (κ3) is 3.76. The summed E-state index contributed by atoms with van der Waals surface area (Å²) in [4.78, 5) is 14.7. The van der Waals surface area contributed by atoms with Crippen LogP contribution in [0.15, 0.2) is 42.5 Å². The first-order chi connectivity index (χ1) is 12.1. The van der Waals surface area contributed by atoms with E-state index in [1.807, 2.05) is 23.1 Å². The number of halogens is 1. The highest BCUT2D eigenvalue weighted by Crippen LogP contribution is 2.38. The molecule has 0 radical (unpaired) electrons. The lowest BCUT2D eigenvalue weighted by Crippen LogP contribution is -2.32. The van der Waals surface area contributed by atoms with Crippen molar-refractivity contribution >= 4 is 5.91 Å². The second-order valence-electron chi connectivity index (χ2n) is 6.16. The third-order valence-electron chi connectivity index (χ3n) is 4.64. The number of carbonyl (C=O) groups is 1. The first kappa shape index (κ1) is 17.3. The molecular weight excluding hydrogens is 321 g/mol. The molecule has 4 nitrogen and oxygen atoms in total. The summed E-state index contributed by atoms with van der Waals surface area (Å²) in [5.41, 5.74) is 1.81. The van der Waals surface area contributed by atoms with Crippen molar-refractivity contribution in [2.45, 2.75) is 25.3 Å². The Bertz CT molecular complexity index is 745. The quantitative estimate of drug-likeness (QED) is 0.830. The Morgan fingerprint density at radius 2 is 1.92 bits per heavy atom. The van der Waals surface area contributed by atoms with Gasteiger partial charge in [0.1, 0.15) is 17.3 Å². The number of ether oxygens (including phenoxy) is 2. The number of likely N-dealkylation sites (tertiary alicyclic amines) is 1. The van der Waals surface area contributed by atoms with Crippen LogP contribution in [0.5, 0.6) is 11.5 Å². The van der Waals surface area contributed by atoms with Gasteiger partial charge in [0.05, 0.1) is 26.7 Å². The Morgan fingerprint density at radius 3 is 2.60 bits per heavy atom. The van der Waals surface area contributed by atoms with E-state index in [4.69, 9.17) is 9.47 Å². The Morgan fingerprint density at radius 1 is 1.16 bits per heavy atom. The van der Waals surface area contributed by atoms with Crippen LogP contribution in [-0.4, -0.2) is 31.6 Å². The largest absolute Gasteiger partial charge is 0.497 e. The van der Waals surface area contributed by atoms with Crippen LogP contribution >= 0.6 is 0 Å². The van der Waals surface area contributed by atoms with Gasteiger partial charge in [0, 0.05) is 18.2 Å². The number of amides is 1. The Hall–Kier alpha value is -2.56. The van der Waals surface area contributed by atoms with Crippen molar-refractivity contribution in [3.8, 4) is 11.5 Å². The van der Waals surface area contributed by atoms with Crippen LogP contribution in [0.1, 0.15) is 30.0 Å². The van der Waals surface area contributed by atoms with Gasteiger partial charge in [0.15, 0.2) is 0 Å².